The topological polar surface area (TPSA) is 62.7 Å². The molecule has 0 aliphatic rings. The second-order valence-corrected chi connectivity index (χ2v) is 5.46. The van der Waals surface area contributed by atoms with Gasteiger partial charge in [0, 0.05) is 18.9 Å². The molecular weight excluding hydrogens is 298 g/mol. The zero-order chi connectivity index (χ0) is 16.5. The minimum atomic E-state index is 0.605. The van der Waals surface area contributed by atoms with Gasteiger partial charge in [0.05, 0.1) is 12.2 Å². The van der Waals surface area contributed by atoms with Crippen molar-refractivity contribution in [3.63, 3.8) is 0 Å². The molecule has 24 heavy (non-hydrogen) atoms. The number of aryl methyl sites for hydroxylation is 1. The number of benzene rings is 1. The lowest BCUT2D eigenvalue weighted by Crippen LogP contribution is -2.08. The molecule has 5 nitrogen and oxygen atoms in total. The normalized spacial score (nSPS) is 10.3. The first-order valence-corrected chi connectivity index (χ1v) is 8.15. The molecule has 3 aromatic rings. The second-order valence-electron chi connectivity index (χ2n) is 5.46. The van der Waals surface area contributed by atoms with Crippen molar-refractivity contribution in [1.82, 2.24) is 15.0 Å². The van der Waals surface area contributed by atoms with Crippen LogP contribution in [0.5, 0.6) is 0 Å². The fraction of sp³-hybridized carbons (Fsp3) is 0.211. The lowest BCUT2D eigenvalue weighted by molar-refractivity contribution is 0.857. The predicted molar refractivity (Wildman–Crippen MR) is 96.8 cm³/mol. The highest BCUT2D eigenvalue weighted by Crippen LogP contribution is 2.08. The van der Waals surface area contributed by atoms with Crippen molar-refractivity contribution >= 4 is 11.8 Å². The summed E-state index contributed by atoms with van der Waals surface area (Å²) in [4.78, 5) is 13.0. The molecule has 0 bridgehead atoms. The van der Waals surface area contributed by atoms with Gasteiger partial charge in [-0.15, -0.1) is 0 Å². The lowest BCUT2D eigenvalue weighted by Gasteiger charge is -2.08. The number of anilines is 2. The fourth-order valence-electron chi connectivity index (χ4n) is 2.37. The Balaban J connectivity index is 1.45. The average molecular weight is 319 g/mol. The van der Waals surface area contributed by atoms with Crippen LogP contribution < -0.4 is 10.6 Å². The highest BCUT2D eigenvalue weighted by atomic mass is 15.1. The summed E-state index contributed by atoms with van der Waals surface area (Å²) in [7, 11) is 0. The summed E-state index contributed by atoms with van der Waals surface area (Å²) in [5.41, 5.74) is 2.32. The van der Waals surface area contributed by atoms with Crippen LogP contribution >= 0.6 is 0 Å². The SMILES string of the molecule is c1ccc(CCCNc2ccnc(NCc3ccccn3)n2)cc1. The van der Waals surface area contributed by atoms with Gasteiger partial charge < -0.3 is 10.6 Å². The number of hydrogen-bond acceptors (Lipinski definition) is 5. The van der Waals surface area contributed by atoms with Crippen molar-refractivity contribution in [2.75, 3.05) is 17.2 Å². The molecular formula is C19H21N5. The van der Waals surface area contributed by atoms with E-state index in [2.05, 4.69) is 49.9 Å². The molecule has 0 unspecified atom stereocenters. The molecule has 2 N–H and O–H groups in total. The van der Waals surface area contributed by atoms with Crippen LogP contribution in [0.2, 0.25) is 0 Å². The van der Waals surface area contributed by atoms with Crippen LogP contribution in [0.1, 0.15) is 17.7 Å². The van der Waals surface area contributed by atoms with E-state index in [0.29, 0.717) is 12.5 Å². The number of pyridine rings is 1. The van der Waals surface area contributed by atoms with Gasteiger partial charge in [0.15, 0.2) is 0 Å². The predicted octanol–water partition coefficient (Wildman–Crippen LogP) is 3.53. The molecule has 0 atom stereocenters. The van der Waals surface area contributed by atoms with Crippen LogP contribution in [-0.4, -0.2) is 21.5 Å². The van der Waals surface area contributed by atoms with Gasteiger partial charge in [-0.05, 0) is 36.6 Å². The van der Waals surface area contributed by atoms with E-state index in [1.165, 1.54) is 5.56 Å². The summed E-state index contributed by atoms with van der Waals surface area (Å²) in [6, 6.07) is 18.2. The minimum absolute atomic E-state index is 0.605. The van der Waals surface area contributed by atoms with E-state index in [9.17, 15) is 0 Å². The van der Waals surface area contributed by atoms with E-state index in [-0.39, 0.29) is 0 Å². The average Bonchev–Trinajstić information content (AvgIpc) is 2.66. The van der Waals surface area contributed by atoms with Crippen molar-refractivity contribution in [1.29, 1.82) is 0 Å². The van der Waals surface area contributed by atoms with Crippen molar-refractivity contribution in [3.8, 4) is 0 Å². The zero-order valence-electron chi connectivity index (χ0n) is 13.5. The number of nitrogens with zero attached hydrogens (tertiary/aromatic N) is 3. The van der Waals surface area contributed by atoms with Gasteiger partial charge in [0.2, 0.25) is 5.95 Å². The third-order valence-corrected chi connectivity index (χ3v) is 3.60. The summed E-state index contributed by atoms with van der Waals surface area (Å²) in [6.45, 7) is 1.49. The third kappa shape index (κ3) is 5.05. The molecule has 0 saturated heterocycles. The van der Waals surface area contributed by atoms with Crippen LogP contribution in [0, 0.1) is 0 Å². The monoisotopic (exact) mass is 319 g/mol. The number of hydrogen-bond donors (Lipinski definition) is 2. The van der Waals surface area contributed by atoms with Gasteiger partial charge in [0.1, 0.15) is 5.82 Å². The van der Waals surface area contributed by atoms with Gasteiger partial charge in [-0.3, -0.25) is 4.98 Å². The first kappa shape index (κ1) is 15.9. The maximum Gasteiger partial charge on any atom is 0.224 e. The molecule has 0 radical (unpaired) electrons. The smallest absolute Gasteiger partial charge is 0.224 e. The molecule has 0 spiro atoms. The first-order chi connectivity index (χ1) is 11.9. The maximum atomic E-state index is 4.47. The molecule has 2 heterocycles. The molecule has 0 fully saturated rings. The number of aromatic nitrogens is 3. The van der Waals surface area contributed by atoms with Crippen molar-refractivity contribution in [2.45, 2.75) is 19.4 Å². The van der Waals surface area contributed by atoms with E-state index in [0.717, 1.165) is 30.9 Å². The summed E-state index contributed by atoms with van der Waals surface area (Å²) < 4.78 is 0. The highest BCUT2D eigenvalue weighted by Gasteiger charge is 2.00. The quantitative estimate of drug-likeness (QED) is 0.622. The number of rotatable bonds is 8. The van der Waals surface area contributed by atoms with E-state index in [4.69, 9.17) is 0 Å². The van der Waals surface area contributed by atoms with Crippen molar-refractivity contribution in [2.24, 2.45) is 0 Å². The van der Waals surface area contributed by atoms with E-state index >= 15 is 0 Å². The van der Waals surface area contributed by atoms with E-state index in [1.54, 1.807) is 12.4 Å². The Kier molecular flexibility index (Phi) is 5.72. The third-order valence-electron chi connectivity index (χ3n) is 3.60. The molecule has 5 heteroatoms. The van der Waals surface area contributed by atoms with Crippen LogP contribution in [-0.2, 0) is 13.0 Å². The van der Waals surface area contributed by atoms with Gasteiger partial charge in [-0.1, -0.05) is 36.4 Å². The molecule has 0 amide bonds. The zero-order valence-corrected chi connectivity index (χ0v) is 13.5. The molecule has 2 aromatic heterocycles. The van der Waals surface area contributed by atoms with E-state index in [1.807, 2.05) is 30.3 Å². The summed E-state index contributed by atoms with van der Waals surface area (Å²) in [5, 5.41) is 6.54. The minimum Gasteiger partial charge on any atom is -0.370 e. The summed E-state index contributed by atoms with van der Waals surface area (Å²) in [5.74, 6) is 1.44. The fourth-order valence-corrected chi connectivity index (χ4v) is 2.37. The Morgan fingerprint density at radius 3 is 2.50 bits per heavy atom. The standard InChI is InChI=1S/C19H21N5/c1-2-7-16(8-3-1)9-6-13-21-18-11-14-22-19(24-18)23-15-17-10-4-5-12-20-17/h1-5,7-8,10-12,14H,6,9,13,15H2,(H2,21,22,23,24). The van der Waals surface area contributed by atoms with Crippen LogP contribution in [0.4, 0.5) is 11.8 Å². The second kappa shape index (κ2) is 8.62. The molecule has 1 aromatic carbocycles. The van der Waals surface area contributed by atoms with E-state index < -0.39 is 0 Å². The van der Waals surface area contributed by atoms with Gasteiger partial charge in [0.25, 0.3) is 0 Å². The molecule has 0 saturated carbocycles. The van der Waals surface area contributed by atoms with Crippen molar-refractivity contribution in [3.05, 3.63) is 78.2 Å². The van der Waals surface area contributed by atoms with Crippen LogP contribution in [0.25, 0.3) is 0 Å². The van der Waals surface area contributed by atoms with Crippen LogP contribution in [0.15, 0.2) is 67.0 Å². The molecule has 3 rings (SSSR count). The Bertz CT molecular complexity index is 731. The summed E-state index contributed by atoms with van der Waals surface area (Å²) in [6.07, 6.45) is 5.66. The van der Waals surface area contributed by atoms with Gasteiger partial charge >= 0.3 is 0 Å². The largest absolute Gasteiger partial charge is 0.370 e. The Morgan fingerprint density at radius 1 is 0.792 bits per heavy atom. The Labute approximate surface area is 142 Å². The van der Waals surface area contributed by atoms with Crippen LogP contribution in [0.3, 0.4) is 0 Å². The lowest BCUT2D eigenvalue weighted by atomic mass is 10.1. The van der Waals surface area contributed by atoms with Crippen molar-refractivity contribution < 1.29 is 0 Å². The van der Waals surface area contributed by atoms with Gasteiger partial charge in [-0.2, -0.15) is 4.98 Å². The highest BCUT2D eigenvalue weighted by molar-refractivity contribution is 5.39. The first-order valence-electron chi connectivity index (χ1n) is 8.15. The maximum absolute atomic E-state index is 4.47. The molecule has 0 aliphatic heterocycles. The Hall–Kier alpha value is -2.95. The molecule has 0 aliphatic carbocycles. The van der Waals surface area contributed by atoms with Gasteiger partial charge in [-0.25, -0.2) is 4.98 Å². The molecule has 122 valence electrons. The summed E-state index contributed by atoms with van der Waals surface area (Å²) >= 11 is 0. The number of nitrogens with one attached hydrogen (secondary N) is 2. The Morgan fingerprint density at radius 2 is 1.67 bits per heavy atom.